The minimum absolute atomic E-state index is 0.208. The van der Waals surface area contributed by atoms with Crippen molar-refractivity contribution in [3.05, 3.63) is 29.8 Å². The molecule has 0 bridgehead atoms. The van der Waals surface area contributed by atoms with Crippen LogP contribution in [0.25, 0.3) is 0 Å². The van der Waals surface area contributed by atoms with Crippen LogP contribution < -0.4 is 0 Å². The van der Waals surface area contributed by atoms with E-state index in [0.29, 0.717) is 24.0 Å². The molecule has 1 heterocycles. The Morgan fingerprint density at radius 1 is 1.12 bits per heavy atom. The third-order valence-corrected chi connectivity index (χ3v) is 2.58. The van der Waals surface area contributed by atoms with Gasteiger partial charge >= 0.3 is 27.0 Å². The summed E-state index contributed by atoms with van der Waals surface area (Å²) in [5.41, 5.74) is 0.681. The second kappa shape index (κ2) is 20.9. The van der Waals surface area contributed by atoms with Crippen molar-refractivity contribution in [2.24, 2.45) is 10.9 Å². The Labute approximate surface area is 170 Å². The molecule has 1 aromatic carbocycles. The molecule has 0 radical (unpaired) electrons. The molecule has 0 fully saturated rings. The molecule has 1 aromatic rings. The van der Waals surface area contributed by atoms with Crippen LogP contribution in [0, 0.1) is 39.9 Å². The molecule has 0 aliphatic carbocycles. The molecular formula is C18H24ClN4O2Ru. The number of phenols is 1. The quantitative estimate of drug-likeness (QED) is 0.648. The summed E-state index contributed by atoms with van der Waals surface area (Å²) >= 11 is 1.82. The average Bonchev–Trinajstić information content (AvgIpc) is 3.09. The van der Waals surface area contributed by atoms with Gasteiger partial charge in [0.1, 0.15) is 12.4 Å². The molecule has 0 saturated carbocycles. The molecule has 0 aromatic heterocycles. The molecule has 1 atom stereocenters. The van der Waals surface area contributed by atoms with Crippen LogP contribution in [0.5, 0.6) is 5.75 Å². The first-order valence-electron chi connectivity index (χ1n) is 7.48. The number of benzene rings is 1. The molecule has 1 aliphatic heterocycles. The number of hydrogen-bond donors (Lipinski definition) is 1. The van der Waals surface area contributed by atoms with Crippen molar-refractivity contribution >= 4 is 15.6 Å². The second-order valence-electron chi connectivity index (χ2n) is 4.74. The van der Waals surface area contributed by atoms with Gasteiger partial charge in [-0.25, -0.2) is 4.99 Å². The first-order valence-corrected chi connectivity index (χ1v) is 9.71. The second-order valence-corrected chi connectivity index (χ2v) is 4.74. The zero-order chi connectivity index (χ0) is 21.0. The summed E-state index contributed by atoms with van der Waals surface area (Å²) in [4.78, 5) is 4.45. The van der Waals surface area contributed by atoms with E-state index in [2.05, 4.69) is 28.5 Å². The molecule has 6 nitrogen and oxygen atoms in total. The number of halogens is 1. The number of phenolic OH excluding ortho intramolecular Hbond substituents is 1. The van der Waals surface area contributed by atoms with E-state index in [1.54, 1.807) is 30.3 Å². The van der Waals surface area contributed by atoms with Gasteiger partial charge in [-0.3, -0.25) is 0 Å². The number of hydrogen-bond acceptors (Lipinski definition) is 6. The fraction of sp³-hybridized carbons (Fsp3) is 0.444. The summed E-state index contributed by atoms with van der Waals surface area (Å²) < 4.78 is 5.48. The van der Waals surface area contributed by atoms with Crippen molar-refractivity contribution in [3.8, 4) is 24.0 Å². The molecule has 26 heavy (non-hydrogen) atoms. The number of aromatic hydroxyl groups is 1. The van der Waals surface area contributed by atoms with Crippen molar-refractivity contribution in [1.29, 1.82) is 15.8 Å². The van der Waals surface area contributed by atoms with Crippen molar-refractivity contribution in [3.63, 3.8) is 0 Å². The van der Waals surface area contributed by atoms with Crippen LogP contribution in [0.3, 0.4) is 0 Å². The van der Waals surface area contributed by atoms with Gasteiger partial charge in [0.25, 0.3) is 0 Å². The normalized spacial score (nSPS) is 12.8. The van der Waals surface area contributed by atoms with E-state index < -0.39 is 0 Å². The van der Waals surface area contributed by atoms with E-state index in [9.17, 15) is 5.11 Å². The molecule has 2 rings (SSSR count). The molecular weight excluding hydrogens is 441 g/mol. The SMILES string of the molecule is CC#N.CC#N.CC#N.CC(C)[C@H]1COC(c2ccccc2O)=N1.[Cl][Ru]. The molecule has 1 N–H and O–H groups in total. The van der Waals surface area contributed by atoms with Gasteiger partial charge in [0, 0.05) is 20.8 Å². The van der Waals surface area contributed by atoms with Gasteiger partial charge in [-0.1, -0.05) is 26.0 Å². The molecule has 0 spiro atoms. The fourth-order valence-electron chi connectivity index (χ4n) is 1.53. The van der Waals surface area contributed by atoms with Gasteiger partial charge in [0.15, 0.2) is 0 Å². The zero-order valence-corrected chi connectivity index (χ0v) is 18.0. The Hall–Kier alpha value is -2.13. The molecule has 8 heteroatoms. The van der Waals surface area contributed by atoms with Crippen LogP contribution in [0.4, 0.5) is 0 Å². The first-order chi connectivity index (χ1) is 12.4. The number of aliphatic imine (C=N–C) groups is 1. The zero-order valence-electron chi connectivity index (χ0n) is 15.5. The third-order valence-electron chi connectivity index (χ3n) is 2.58. The maximum atomic E-state index is 9.63. The minimum atomic E-state index is 0.208. The standard InChI is InChI=1S/C12H15NO2.3C2H3N.ClH.Ru/c1-8(2)10-7-15-12(13-10)9-5-3-4-6-11(9)14;3*1-2-3;;/h3-6,8,10,14H,7H2,1-2H3;3*1H3;1H;/q;;;;;+1/p-1/t10-;;;;;/m1...../s1. The Morgan fingerprint density at radius 3 is 1.88 bits per heavy atom. The van der Waals surface area contributed by atoms with E-state index in [1.165, 1.54) is 20.8 Å². The fourth-order valence-corrected chi connectivity index (χ4v) is 1.53. The van der Waals surface area contributed by atoms with Gasteiger partial charge < -0.3 is 9.84 Å². The first kappa shape index (κ1) is 28.7. The molecule has 0 saturated heterocycles. The van der Waals surface area contributed by atoms with Crippen LogP contribution in [0.1, 0.15) is 40.2 Å². The summed E-state index contributed by atoms with van der Waals surface area (Å²) in [6, 6.07) is 12.6. The Bertz CT molecular complexity index is 603. The van der Waals surface area contributed by atoms with Crippen LogP contribution in [0.2, 0.25) is 0 Å². The van der Waals surface area contributed by atoms with Gasteiger partial charge in [0.05, 0.1) is 29.8 Å². The number of para-hydroxylation sites is 1. The van der Waals surface area contributed by atoms with Gasteiger partial charge in [-0.2, -0.15) is 15.8 Å². The van der Waals surface area contributed by atoms with Crippen molar-refractivity contribution in [1.82, 2.24) is 0 Å². The van der Waals surface area contributed by atoms with Crippen molar-refractivity contribution in [2.75, 3.05) is 6.61 Å². The predicted octanol–water partition coefficient (Wildman–Crippen LogP) is 4.47. The summed E-state index contributed by atoms with van der Waals surface area (Å²) in [6.07, 6.45) is 0. The summed E-state index contributed by atoms with van der Waals surface area (Å²) in [7, 11) is 4.57. The Kier molecular flexibility index (Phi) is 23.1. The van der Waals surface area contributed by atoms with Gasteiger partial charge in [-0.15, -0.1) is 0 Å². The van der Waals surface area contributed by atoms with E-state index >= 15 is 0 Å². The number of nitriles is 3. The monoisotopic (exact) mass is 465 g/mol. The Balaban J connectivity index is -0.000000404. The third kappa shape index (κ3) is 14.2. The average molecular weight is 465 g/mol. The van der Waals surface area contributed by atoms with Crippen LogP contribution in [0.15, 0.2) is 29.3 Å². The molecule has 1 aliphatic rings. The molecule has 0 amide bonds. The predicted molar refractivity (Wildman–Crippen MR) is 98.9 cm³/mol. The molecule has 143 valence electrons. The van der Waals surface area contributed by atoms with Crippen LogP contribution in [-0.2, 0) is 22.0 Å². The van der Waals surface area contributed by atoms with E-state index in [4.69, 9.17) is 20.5 Å². The van der Waals surface area contributed by atoms with Gasteiger partial charge in [0.2, 0.25) is 5.90 Å². The van der Waals surface area contributed by atoms with Crippen molar-refractivity contribution < 1.29 is 27.2 Å². The Morgan fingerprint density at radius 2 is 1.54 bits per heavy atom. The topological polar surface area (TPSA) is 113 Å². The van der Waals surface area contributed by atoms with Gasteiger partial charge in [-0.05, 0) is 18.1 Å². The van der Waals surface area contributed by atoms with E-state index in [1.807, 2.05) is 29.4 Å². The number of nitrogens with zero attached hydrogens (tertiary/aromatic N) is 4. The van der Waals surface area contributed by atoms with E-state index in [0.717, 1.165) is 0 Å². The van der Waals surface area contributed by atoms with E-state index in [-0.39, 0.29) is 11.8 Å². The summed E-state index contributed by atoms with van der Waals surface area (Å²) in [6.45, 7) is 9.14. The van der Waals surface area contributed by atoms with Crippen molar-refractivity contribution in [2.45, 2.75) is 40.7 Å². The summed E-state index contributed by atoms with van der Waals surface area (Å²) in [5, 5.41) is 31.6. The number of ether oxygens (including phenoxy) is 1. The van der Waals surface area contributed by atoms with Crippen LogP contribution >= 0.6 is 9.69 Å². The van der Waals surface area contributed by atoms with Crippen LogP contribution in [-0.4, -0.2) is 23.7 Å². The molecule has 0 unspecified atom stereocenters. The number of rotatable bonds is 2. The maximum absolute atomic E-state index is 9.63. The summed E-state index contributed by atoms with van der Waals surface area (Å²) in [5.74, 6) is 1.25.